The lowest BCUT2D eigenvalue weighted by Crippen LogP contribution is -3.16. The van der Waals surface area contributed by atoms with Gasteiger partial charge in [-0.15, -0.1) is 10.2 Å². The highest BCUT2D eigenvalue weighted by Crippen LogP contribution is 2.22. The first kappa shape index (κ1) is 19.4. The lowest BCUT2D eigenvalue weighted by atomic mass is 10.2. The van der Waals surface area contributed by atoms with Crippen LogP contribution >= 0.6 is 0 Å². The molecule has 0 aliphatic carbocycles. The number of rotatable bonds is 7. The van der Waals surface area contributed by atoms with Crippen LogP contribution in [0, 0.1) is 5.82 Å². The van der Waals surface area contributed by atoms with Crippen molar-refractivity contribution in [3.63, 3.8) is 0 Å². The molecule has 152 valence electrons. The van der Waals surface area contributed by atoms with Gasteiger partial charge in [-0.3, -0.25) is 0 Å². The Kier molecular flexibility index (Phi) is 6.02. The molecule has 1 atom stereocenters. The van der Waals surface area contributed by atoms with Gasteiger partial charge in [-0.1, -0.05) is 18.2 Å². The molecule has 0 bridgehead atoms. The first-order valence-electron chi connectivity index (χ1n) is 9.69. The molecule has 0 amide bonds. The van der Waals surface area contributed by atoms with Crippen LogP contribution in [0.3, 0.4) is 0 Å². The van der Waals surface area contributed by atoms with E-state index in [9.17, 15) is 9.50 Å². The van der Waals surface area contributed by atoms with Gasteiger partial charge in [0, 0.05) is 5.56 Å². The SMILES string of the molecule is O[C@H](COc1cccc(-c2nnco2)c1)C[NH+]1CCN(c2ccccc2F)CC1. The summed E-state index contributed by atoms with van der Waals surface area (Å²) < 4.78 is 24.9. The molecule has 0 radical (unpaired) electrons. The topological polar surface area (TPSA) is 76.1 Å². The highest BCUT2D eigenvalue weighted by atomic mass is 19.1. The maximum absolute atomic E-state index is 13.9. The number of aliphatic hydroxyl groups is 1. The molecule has 1 aromatic heterocycles. The zero-order valence-corrected chi connectivity index (χ0v) is 16.0. The minimum absolute atomic E-state index is 0.188. The van der Waals surface area contributed by atoms with Crippen LogP contribution in [0.1, 0.15) is 0 Å². The van der Waals surface area contributed by atoms with Crippen LogP contribution in [0.4, 0.5) is 10.1 Å². The molecule has 1 aliphatic heterocycles. The standard InChI is InChI=1S/C21H23FN4O3/c22-19-6-1-2-7-20(19)26-10-8-25(9-11-26)13-17(27)14-28-18-5-3-4-16(12-18)21-24-23-15-29-21/h1-7,12,15,17,27H,8-11,13-14H2/p+1/t17-/m0/s1. The van der Waals surface area contributed by atoms with Crippen LogP contribution in [0.5, 0.6) is 5.75 Å². The van der Waals surface area contributed by atoms with Crippen molar-refractivity contribution in [3.05, 3.63) is 60.7 Å². The minimum atomic E-state index is -0.586. The van der Waals surface area contributed by atoms with Gasteiger partial charge in [-0.2, -0.15) is 0 Å². The molecule has 0 saturated carbocycles. The summed E-state index contributed by atoms with van der Waals surface area (Å²) in [6.07, 6.45) is 0.693. The van der Waals surface area contributed by atoms with Crippen LogP contribution in [0.25, 0.3) is 11.5 Å². The summed E-state index contributed by atoms with van der Waals surface area (Å²) >= 11 is 0. The number of quaternary nitrogens is 1. The number of para-hydroxylation sites is 1. The van der Waals surface area contributed by atoms with Crippen molar-refractivity contribution < 1.29 is 23.6 Å². The molecule has 29 heavy (non-hydrogen) atoms. The number of piperazine rings is 1. The molecule has 0 spiro atoms. The number of aliphatic hydroxyl groups excluding tert-OH is 1. The Morgan fingerprint density at radius 2 is 2.00 bits per heavy atom. The van der Waals surface area contributed by atoms with Crippen molar-refractivity contribution in [1.29, 1.82) is 0 Å². The van der Waals surface area contributed by atoms with Gasteiger partial charge in [0.05, 0.1) is 31.9 Å². The monoisotopic (exact) mass is 399 g/mol. The second-order valence-corrected chi connectivity index (χ2v) is 7.13. The fraction of sp³-hybridized carbons (Fsp3) is 0.333. The van der Waals surface area contributed by atoms with Crippen molar-refractivity contribution in [3.8, 4) is 17.2 Å². The maximum atomic E-state index is 13.9. The lowest BCUT2D eigenvalue weighted by Gasteiger charge is -2.34. The van der Waals surface area contributed by atoms with E-state index in [0.29, 0.717) is 23.9 Å². The summed E-state index contributed by atoms with van der Waals surface area (Å²) in [6, 6.07) is 14.2. The zero-order chi connectivity index (χ0) is 20.1. The van der Waals surface area contributed by atoms with Crippen LogP contribution in [-0.2, 0) is 0 Å². The number of halogens is 1. The van der Waals surface area contributed by atoms with Crippen LogP contribution < -0.4 is 14.5 Å². The Morgan fingerprint density at radius 1 is 1.17 bits per heavy atom. The number of hydrogen-bond donors (Lipinski definition) is 2. The Balaban J connectivity index is 1.24. The van der Waals surface area contributed by atoms with Crippen LogP contribution in [0.15, 0.2) is 59.3 Å². The average molecular weight is 399 g/mol. The molecule has 1 saturated heterocycles. The Labute approximate surface area is 168 Å². The van der Waals surface area contributed by atoms with Crippen molar-refractivity contribution in [1.82, 2.24) is 10.2 Å². The third-order valence-corrected chi connectivity index (χ3v) is 5.07. The fourth-order valence-electron chi connectivity index (χ4n) is 3.58. The van der Waals surface area contributed by atoms with Gasteiger partial charge in [0.1, 0.15) is 30.8 Å². The first-order valence-corrected chi connectivity index (χ1v) is 9.69. The number of hydrogen-bond acceptors (Lipinski definition) is 6. The van der Waals surface area contributed by atoms with Crippen molar-refractivity contribution in [2.45, 2.75) is 6.10 Å². The normalized spacial score (nSPS) is 16.0. The van der Waals surface area contributed by atoms with Crippen molar-refractivity contribution in [2.24, 2.45) is 0 Å². The quantitative estimate of drug-likeness (QED) is 0.618. The van der Waals surface area contributed by atoms with Gasteiger partial charge in [0.25, 0.3) is 0 Å². The zero-order valence-electron chi connectivity index (χ0n) is 16.0. The van der Waals surface area contributed by atoms with Gasteiger partial charge in [0.2, 0.25) is 12.3 Å². The van der Waals surface area contributed by atoms with Gasteiger partial charge >= 0.3 is 0 Å². The molecule has 2 aromatic carbocycles. The van der Waals surface area contributed by atoms with E-state index < -0.39 is 6.10 Å². The smallest absolute Gasteiger partial charge is 0.247 e. The van der Waals surface area contributed by atoms with Gasteiger partial charge < -0.3 is 24.1 Å². The molecule has 2 heterocycles. The summed E-state index contributed by atoms with van der Waals surface area (Å²) in [6.45, 7) is 4.00. The lowest BCUT2D eigenvalue weighted by molar-refractivity contribution is -0.903. The molecule has 2 N–H and O–H groups in total. The van der Waals surface area contributed by atoms with Crippen molar-refractivity contribution in [2.75, 3.05) is 44.2 Å². The molecule has 8 heteroatoms. The van der Waals surface area contributed by atoms with E-state index in [1.54, 1.807) is 12.1 Å². The van der Waals surface area contributed by atoms with Crippen LogP contribution in [-0.4, -0.2) is 60.7 Å². The molecule has 7 nitrogen and oxygen atoms in total. The average Bonchev–Trinajstić information content (AvgIpc) is 3.29. The number of nitrogens with zero attached hydrogens (tertiary/aromatic N) is 3. The number of anilines is 1. The summed E-state index contributed by atoms with van der Waals surface area (Å²) in [5.74, 6) is 0.874. The number of aromatic nitrogens is 2. The second kappa shape index (κ2) is 9.02. The molecule has 3 aromatic rings. The Hall–Kier alpha value is -2.97. The van der Waals surface area contributed by atoms with E-state index in [1.165, 1.54) is 17.4 Å². The predicted molar refractivity (Wildman–Crippen MR) is 105 cm³/mol. The van der Waals surface area contributed by atoms with E-state index in [0.717, 1.165) is 31.7 Å². The largest absolute Gasteiger partial charge is 0.491 e. The Bertz CT molecular complexity index is 914. The highest BCUT2D eigenvalue weighted by Gasteiger charge is 2.24. The second-order valence-electron chi connectivity index (χ2n) is 7.13. The van der Waals surface area contributed by atoms with E-state index in [4.69, 9.17) is 9.15 Å². The minimum Gasteiger partial charge on any atom is -0.491 e. The van der Waals surface area contributed by atoms with E-state index in [2.05, 4.69) is 15.1 Å². The molecule has 1 fully saturated rings. The summed E-state index contributed by atoms with van der Waals surface area (Å²) in [5.41, 5.74) is 1.42. The predicted octanol–water partition coefficient (Wildman–Crippen LogP) is 1.02. The number of benzene rings is 2. The van der Waals surface area contributed by atoms with Gasteiger partial charge in [-0.25, -0.2) is 4.39 Å². The van der Waals surface area contributed by atoms with Crippen molar-refractivity contribution >= 4 is 5.69 Å². The molecule has 1 aliphatic rings. The Morgan fingerprint density at radius 3 is 2.76 bits per heavy atom. The van der Waals surface area contributed by atoms with E-state index >= 15 is 0 Å². The third-order valence-electron chi connectivity index (χ3n) is 5.07. The fourth-order valence-corrected chi connectivity index (χ4v) is 3.58. The number of nitrogens with one attached hydrogen (secondary N) is 1. The molecule has 0 unspecified atom stereocenters. The summed E-state index contributed by atoms with van der Waals surface area (Å²) in [5, 5.41) is 17.9. The van der Waals surface area contributed by atoms with Gasteiger partial charge in [-0.05, 0) is 30.3 Å². The highest BCUT2D eigenvalue weighted by molar-refractivity contribution is 5.55. The first-order chi connectivity index (χ1) is 14.2. The summed E-state index contributed by atoms with van der Waals surface area (Å²) in [4.78, 5) is 3.35. The maximum Gasteiger partial charge on any atom is 0.247 e. The molecular formula is C21H24FN4O3+. The van der Waals surface area contributed by atoms with E-state index in [1.807, 2.05) is 30.3 Å². The summed E-state index contributed by atoms with van der Waals surface area (Å²) in [7, 11) is 0. The molecule has 4 rings (SSSR count). The number of ether oxygens (including phenoxy) is 1. The third kappa shape index (κ3) is 4.90. The van der Waals surface area contributed by atoms with Gasteiger partial charge in [0.15, 0.2) is 0 Å². The van der Waals surface area contributed by atoms with Crippen LogP contribution in [0.2, 0.25) is 0 Å². The van der Waals surface area contributed by atoms with E-state index in [-0.39, 0.29) is 12.4 Å². The molecular weight excluding hydrogens is 375 g/mol.